The lowest BCUT2D eigenvalue weighted by atomic mass is 10.1. The number of carbonyl (C=O) groups is 2. The van der Waals surface area contributed by atoms with Gasteiger partial charge in [0.25, 0.3) is 5.91 Å². The molecule has 146 valence electrons. The molecule has 8 heteroatoms. The first-order chi connectivity index (χ1) is 13.7. The van der Waals surface area contributed by atoms with E-state index >= 15 is 0 Å². The molecule has 0 aliphatic rings. The Balaban J connectivity index is 1.45. The highest BCUT2D eigenvalue weighted by Gasteiger charge is 2.07. The summed E-state index contributed by atoms with van der Waals surface area (Å²) in [6.45, 7) is 2.72. The molecule has 1 heterocycles. The van der Waals surface area contributed by atoms with Crippen LogP contribution in [0.25, 0.3) is 10.2 Å². The number of nitrogens with one attached hydrogen (secondary N) is 2. The maximum absolute atomic E-state index is 12.1. The normalized spacial score (nSPS) is 10.6. The standard InChI is InChI=1S/C20H21N3O3S2/c1-2-26-19(25)22-12-11-21-18(24)15-9-7-14(8-10-15)13-27-20-23-16-5-3-4-6-17(16)28-20/h3-10H,2,11-13H2,1H3,(H,21,24)(H,22,25). The summed E-state index contributed by atoms with van der Waals surface area (Å²) < 4.78 is 6.98. The first kappa shape index (κ1) is 20.2. The second kappa shape index (κ2) is 10.1. The van der Waals surface area contributed by atoms with Crippen LogP contribution in [0.2, 0.25) is 0 Å². The molecule has 0 aliphatic heterocycles. The van der Waals surface area contributed by atoms with E-state index in [4.69, 9.17) is 4.74 Å². The molecule has 0 saturated carbocycles. The summed E-state index contributed by atoms with van der Waals surface area (Å²) in [5.41, 5.74) is 2.74. The molecule has 2 N–H and O–H groups in total. The van der Waals surface area contributed by atoms with Gasteiger partial charge < -0.3 is 15.4 Å². The van der Waals surface area contributed by atoms with Gasteiger partial charge in [-0.1, -0.05) is 36.0 Å². The van der Waals surface area contributed by atoms with Crippen molar-refractivity contribution in [3.05, 3.63) is 59.7 Å². The molecule has 3 rings (SSSR count). The SMILES string of the molecule is CCOC(=O)NCCNC(=O)c1ccc(CSc2nc3ccccc3s2)cc1. The van der Waals surface area contributed by atoms with Crippen LogP contribution in [0.4, 0.5) is 4.79 Å². The van der Waals surface area contributed by atoms with Gasteiger partial charge >= 0.3 is 6.09 Å². The van der Waals surface area contributed by atoms with Crippen LogP contribution in [0.15, 0.2) is 52.9 Å². The Labute approximate surface area is 171 Å². The number of thioether (sulfide) groups is 1. The fraction of sp³-hybridized carbons (Fsp3) is 0.250. The highest BCUT2D eigenvalue weighted by Crippen LogP contribution is 2.31. The number of alkyl carbamates (subject to hydrolysis) is 1. The van der Waals surface area contributed by atoms with Gasteiger partial charge in [-0.3, -0.25) is 4.79 Å². The van der Waals surface area contributed by atoms with E-state index in [0.717, 1.165) is 21.2 Å². The molecule has 0 bridgehead atoms. The smallest absolute Gasteiger partial charge is 0.407 e. The summed E-state index contributed by atoms with van der Waals surface area (Å²) in [5, 5.41) is 5.32. The highest BCUT2D eigenvalue weighted by molar-refractivity contribution is 8.00. The molecular formula is C20H21N3O3S2. The molecule has 0 saturated heterocycles. The van der Waals surface area contributed by atoms with Gasteiger partial charge in [0, 0.05) is 24.4 Å². The number of nitrogens with zero attached hydrogens (tertiary/aromatic N) is 1. The maximum Gasteiger partial charge on any atom is 0.407 e. The molecule has 0 fully saturated rings. The fourth-order valence-corrected chi connectivity index (χ4v) is 4.46. The lowest BCUT2D eigenvalue weighted by molar-refractivity contribution is 0.0952. The van der Waals surface area contributed by atoms with Gasteiger partial charge in [0.1, 0.15) is 0 Å². The summed E-state index contributed by atoms with van der Waals surface area (Å²) in [7, 11) is 0. The van der Waals surface area contributed by atoms with Crippen molar-refractivity contribution in [3.63, 3.8) is 0 Å². The van der Waals surface area contributed by atoms with Crippen LogP contribution in [0.1, 0.15) is 22.8 Å². The summed E-state index contributed by atoms with van der Waals surface area (Å²) in [5.74, 6) is 0.626. The van der Waals surface area contributed by atoms with E-state index in [1.807, 2.05) is 42.5 Å². The van der Waals surface area contributed by atoms with Crippen molar-refractivity contribution in [1.29, 1.82) is 0 Å². The minimum absolute atomic E-state index is 0.170. The number of benzene rings is 2. The number of para-hydroxylation sites is 1. The molecule has 2 aromatic carbocycles. The predicted molar refractivity (Wildman–Crippen MR) is 113 cm³/mol. The Hall–Kier alpha value is -2.58. The van der Waals surface area contributed by atoms with Gasteiger partial charge in [0.2, 0.25) is 0 Å². The van der Waals surface area contributed by atoms with Gasteiger partial charge in [-0.05, 0) is 36.8 Å². The lowest BCUT2D eigenvalue weighted by Gasteiger charge is -2.07. The van der Waals surface area contributed by atoms with Gasteiger partial charge in [-0.2, -0.15) is 0 Å². The Morgan fingerprint density at radius 1 is 1.07 bits per heavy atom. The number of carbonyl (C=O) groups excluding carboxylic acids is 2. The number of thiazole rings is 1. The van der Waals surface area contributed by atoms with E-state index in [9.17, 15) is 9.59 Å². The van der Waals surface area contributed by atoms with E-state index in [1.165, 1.54) is 4.70 Å². The van der Waals surface area contributed by atoms with Crippen LogP contribution in [-0.4, -0.2) is 36.7 Å². The van der Waals surface area contributed by atoms with Gasteiger partial charge in [-0.15, -0.1) is 11.3 Å². The van der Waals surface area contributed by atoms with E-state index in [2.05, 4.69) is 21.7 Å². The van der Waals surface area contributed by atoms with E-state index < -0.39 is 6.09 Å². The minimum Gasteiger partial charge on any atom is -0.450 e. The monoisotopic (exact) mass is 415 g/mol. The molecule has 1 aromatic heterocycles. The average Bonchev–Trinajstić information content (AvgIpc) is 3.13. The maximum atomic E-state index is 12.1. The Kier molecular flexibility index (Phi) is 7.27. The zero-order valence-electron chi connectivity index (χ0n) is 15.4. The third kappa shape index (κ3) is 5.71. The third-order valence-electron chi connectivity index (χ3n) is 3.81. The summed E-state index contributed by atoms with van der Waals surface area (Å²) in [6.07, 6.45) is -0.480. The van der Waals surface area contributed by atoms with Gasteiger partial charge in [-0.25, -0.2) is 9.78 Å². The summed E-state index contributed by atoms with van der Waals surface area (Å²) >= 11 is 3.38. The van der Waals surface area contributed by atoms with Crippen molar-refractivity contribution in [3.8, 4) is 0 Å². The molecular weight excluding hydrogens is 394 g/mol. The van der Waals surface area contributed by atoms with Crippen molar-refractivity contribution in [2.24, 2.45) is 0 Å². The molecule has 6 nitrogen and oxygen atoms in total. The Bertz CT molecular complexity index is 908. The Morgan fingerprint density at radius 3 is 2.57 bits per heavy atom. The van der Waals surface area contributed by atoms with Gasteiger partial charge in [0.15, 0.2) is 4.34 Å². The number of hydrogen-bond donors (Lipinski definition) is 2. The summed E-state index contributed by atoms with van der Waals surface area (Å²) in [4.78, 5) is 27.9. The van der Waals surface area contributed by atoms with Crippen molar-refractivity contribution >= 4 is 45.3 Å². The molecule has 0 unspecified atom stereocenters. The fourth-order valence-electron chi connectivity index (χ4n) is 2.44. The third-order valence-corrected chi connectivity index (χ3v) is 6.06. The van der Waals surface area contributed by atoms with Crippen molar-refractivity contribution in [1.82, 2.24) is 15.6 Å². The summed E-state index contributed by atoms with van der Waals surface area (Å²) in [6, 6.07) is 15.6. The second-order valence-corrected chi connectivity index (χ2v) is 8.09. The number of hydrogen-bond acceptors (Lipinski definition) is 6. The first-order valence-corrected chi connectivity index (χ1v) is 10.7. The highest BCUT2D eigenvalue weighted by atomic mass is 32.2. The molecule has 28 heavy (non-hydrogen) atoms. The van der Waals surface area contributed by atoms with Crippen molar-refractivity contribution < 1.29 is 14.3 Å². The Morgan fingerprint density at radius 2 is 1.82 bits per heavy atom. The predicted octanol–water partition coefficient (Wildman–Crippen LogP) is 4.06. The van der Waals surface area contributed by atoms with E-state index in [0.29, 0.717) is 25.3 Å². The van der Waals surface area contributed by atoms with E-state index in [1.54, 1.807) is 30.0 Å². The van der Waals surface area contributed by atoms with Crippen LogP contribution in [0, 0.1) is 0 Å². The number of amides is 2. The first-order valence-electron chi connectivity index (χ1n) is 8.92. The lowest BCUT2D eigenvalue weighted by Crippen LogP contribution is -2.34. The van der Waals surface area contributed by atoms with Crippen LogP contribution in [0.3, 0.4) is 0 Å². The quantitative estimate of drug-likeness (QED) is 0.428. The van der Waals surface area contributed by atoms with Crippen molar-refractivity contribution in [2.75, 3.05) is 19.7 Å². The zero-order valence-corrected chi connectivity index (χ0v) is 17.1. The van der Waals surface area contributed by atoms with Gasteiger partial charge in [0.05, 0.1) is 16.8 Å². The molecule has 0 radical (unpaired) electrons. The van der Waals surface area contributed by atoms with Crippen molar-refractivity contribution in [2.45, 2.75) is 17.0 Å². The molecule has 0 spiro atoms. The number of aromatic nitrogens is 1. The number of rotatable bonds is 8. The van der Waals surface area contributed by atoms with E-state index in [-0.39, 0.29) is 5.91 Å². The molecule has 0 aliphatic carbocycles. The number of ether oxygens (including phenoxy) is 1. The second-order valence-electron chi connectivity index (χ2n) is 5.84. The molecule has 2 amide bonds. The topological polar surface area (TPSA) is 80.3 Å². The zero-order chi connectivity index (χ0) is 19.8. The average molecular weight is 416 g/mol. The number of fused-ring (bicyclic) bond motifs is 1. The van der Waals surface area contributed by atoms with Crippen LogP contribution >= 0.6 is 23.1 Å². The molecule has 3 aromatic rings. The minimum atomic E-state index is -0.480. The van der Waals surface area contributed by atoms with Crippen LogP contribution in [-0.2, 0) is 10.5 Å². The van der Waals surface area contributed by atoms with Crippen LogP contribution < -0.4 is 10.6 Å². The molecule has 0 atom stereocenters. The van der Waals surface area contributed by atoms with Crippen LogP contribution in [0.5, 0.6) is 0 Å². The largest absolute Gasteiger partial charge is 0.450 e.